The Morgan fingerprint density at radius 3 is 2.56 bits per heavy atom. The molecule has 0 aliphatic carbocycles. The minimum Gasteiger partial charge on any atom is -0.357 e. The lowest BCUT2D eigenvalue weighted by molar-refractivity contribution is -0.140. The number of halogens is 4. The van der Waals surface area contributed by atoms with Crippen LogP contribution in [0.5, 0.6) is 0 Å². The Morgan fingerprint density at radius 1 is 1.26 bits per heavy atom. The first-order valence-corrected chi connectivity index (χ1v) is 9.65. The molecule has 5 nitrogen and oxygen atoms in total. The van der Waals surface area contributed by atoms with Crippen molar-refractivity contribution < 1.29 is 17.6 Å². The first-order valence-electron chi connectivity index (χ1n) is 8.77. The third-order valence-corrected chi connectivity index (χ3v) is 5.64. The highest BCUT2D eigenvalue weighted by Crippen LogP contribution is 2.34. The van der Waals surface area contributed by atoms with Gasteiger partial charge in [0.05, 0.1) is 5.69 Å². The van der Waals surface area contributed by atoms with Crippen LogP contribution in [0.25, 0.3) is 0 Å². The molecule has 0 spiro atoms. The maximum Gasteiger partial charge on any atom is 0.434 e. The number of rotatable bonds is 5. The lowest BCUT2D eigenvalue weighted by Gasteiger charge is -2.34. The topological polar surface area (TPSA) is 45.2 Å². The molecule has 10 heteroatoms. The summed E-state index contributed by atoms with van der Waals surface area (Å²) in [4.78, 5) is 15.4. The molecule has 27 heavy (non-hydrogen) atoms. The van der Waals surface area contributed by atoms with Gasteiger partial charge in [-0.25, -0.2) is 19.3 Å². The summed E-state index contributed by atoms with van der Waals surface area (Å²) in [7, 11) is 1.80. The van der Waals surface area contributed by atoms with Gasteiger partial charge >= 0.3 is 6.18 Å². The molecule has 0 N–H and O–H groups in total. The van der Waals surface area contributed by atoms with Crippen molar-refractivity contribution in [3.8, 4) is 0 Å². The Hall–Kier alpha value is -1.97. The number of alkyl halides is 3. The Morgan fingerprint density at radius 2 is 1.96 bits per heavy atom. The van der Waals surface area contributed by atoms with Crippen molar-refractivity contribution in [2.45, 2.75) is 32.4 Å². The molecular formula is C17H21F4N5S. The summed E-state index contributed by atoms with van der Waals surface area (Å²) in [6, 6.07) is 0. The maximum atomic E-state index is 14.4. The van der Waals surface area contributed by atoms with Crippen molar-refractivity contribution in [1.82, 2.24) is 15.0 Å². The van der Waals surface area contributed by atoms with Gasteiger partial charge in [0, 0.05) is 32.1 Å². The van der Waals surface area contributed by atoms with Crippen LogP contribution >= 0.6 is 11.3 Å². The van der Waals surface area contributed by atoms with Crippen LogP contribution in [0, 0.1) is 11.7 Å². The van der Waals surface area contributed by atoms with Gasteiger partial charge in [0.25, 0.3) is 0 Å². The van der Waals surface area contributed by atoms with E-state index in [9.17, 15) is 17.6 Å². The van der Waals surface area contributed by atoms with Crippen LogP contribution < -0.4 is 9.80 Å². The monoisotopic (exact) mass is 403 g/mol. The molecule has 1 saturated heterocycles. The Kier molecular flexibility index (Phi) is 5.83. The number of hydrogen-bond acceptors (Lipinski definition) is 6. The van der Waals surface area contributed by atoms with Crippen molar-refractivity contribution in [1.29, 1.82) is 0 Å². The van der Waals surface area contributed by atoms with E-state index in [0.29, 0.717) is 48.6 Å². The second-order valence-corrected chi connectivity index (χ2v) is 7.47. The van der Waals surface area contributed by atoms with Crippen molar-refractivity contribution in [2.24, 2.45) is 5.92 Å². The van der Waals surface area contributed by atoms with E-state index in [-0.39, 0.29) is 5.82 Å². The van der Waals surface area contributed by atoms with E-state index in [1.54, 1.807) is 11.9 Å². The smallest absolute Gasteiger partial charge is 0.357 e. The van der Waals surface area contributed by atoms with Gasteiger partial charge in [-0.2, -0.15) is 13.2 Å². The van der Waals surface area contributed by atoms with Crippen molar-refractivity contribution in [3.05, 3.63) is 28.9 Å². The first-order chi connectivity index (χ1) is 12.8. The molecule has 148 valence electrons. The normalized spacial score (nSPS) is 16.0. The Bertz CT molecular complexity index is 771. The minimum absolute atomic E-state index is 0.291. The lowest BCUT2D eigenvalue weighted by Crippen LogP contribution is -2.38. The quantitative estimate of drug-likeness (QED) is 0.706. The third kappa shape index (κ3) is 4.48. The molecule has 2 aromatic heterocycles. The average molecular weight is 403 g/mol. The molecule has 1 fully saturated rings. The van der Waals surface area contributed by atoms with Gasteiger partial charge in [0.1, 0.15) is 6.33 Å². The molecule has 1 aliphatic heterocycles. The third-order valence-electron chi connectivity index (χ3n) is 4.74. The van der Waals surface area contributed by atoms with Gasteiger partial charge in [0.15, 0.2) is 22.5 Å². The van der Waals surface area contributed by atoms with Crippen molar-refractivity contribution in [2.75, 3.05) is 36.5 Å². The van der Waals surface area contributed by atoms with Crippen LogP contribution in [0.2, 0.25) is 0 Å². The second kappa shape index (κ2) is 7.95. The molecule has 0 unspecified atom stereocenters. The number of anilines is 2. The zero-order valence-electron chi connectivity index (χ0n) is 15.1. The lowest BCUT2D eigenvalue weighted by atomic mass is 9.96. The summed E-state index contributed by atoms with van der Waals surface area (Å²) in [6.45, 7) is 3.75. The average Bonchev–Trinajstić information content (AvgIpc) is 3.13. The summed E-state index contributed by atoms with van der Waals surface area (Å²) >= 11 is 1.02. The number of thiazole rings is 1. The fraction of sp³-hybridized carbons (Fsp3) is 0.588. The fourth-order valence-electron chi connectivity index (χ4n) is 3.23. The van der Waals surface area contributed by atoms with Gasteiger partial charge in [-0.1, -0.05) is 6.92 Å². The van der Waals surface area contributed by atoms with Crippen LogP contribution in [0.15, 0.2) is 11.7 Å². The maximum absolute atomic E-state index is 14.4. The summed E-state index contributed by atoms with van der Waals surface area (Å²) in [5.41, 5.74) is -0.443. The van der Waals surface area contributed by atoms with Crippen molar-refractivity contribution >= 4 is 22.3 Å². The van der Waals surface area contributed by atoms with Crippen LogP contribution in [0.4, 0.5) is 28.5 Å². The van der Waals surface area contributed by atoms with E-state index in [2.05, 4.69) is 15.0 Å². The fourth-order valence-corrected chi connectivity index (χ4v) is 4.11. The number of aryl methyl sites for hydroxylation is 1. The molecule has 2 aromatic rings. The zero-order valence-corrected chi connectivity index (χ0v) is 15.9. The number of nitrogens with zero attached hydrogens (tertiary/aromatic N) is 5. The predicted molar refractivity (Wildman–Crippen MR) is 96.7 cm³/mol. The molecule has 0 bridgehead atoms. The van der Waals surface area contributed by atoms with Crippen molar-refractivity contribution in [3.63, 3.8) is 0 Å². The Labute approximate surface area is 159 Å². The molecule has 1 aliphatic rings. The van der Waals surface area contributed by atoms with Gasteiger partial charge in [0.2, 0.25) is 0 Å². The number of piperidine rings is 1. The highest BCUT2D eigenvalue weighted by Gasteiger charge is 2.34. The van der Waals surface area contributed by atoms with E-state index in [4.69, 9.17) is 0 Å². The molecule has 3 heterocycles. The highest BCUT2D eigenvalue weighted by molar-refractivity contribution is 7.13. The molecular weight excluding hydrogens is 382 g/mol. The van der Waals surface area contributed by atoms with E-state index >= 15 is 0 Å². The Balaban J connectivity index is 1.57. The first kappa shape index (κ1) is 19.8. The summed E-state index contributed by atoms with van der Waals surface area (Å²) in [6.07, 6.45) is -0.926. The highest BCUT2D eigenvalue weighted by atomic mass is 32.1. The molecule has 0 atom stereocenters. The van der Waals surface area contributed by atoms with Crippen LogP contribution in [-0.4, -0.2) is 41.6 Å². The number of hydrogen-bond donors (Lipinski definition) is 0. The minimum atomic E-state index is -4.41. The summed E-state index contributed by atoms with van der Waals surface area (Å²) in [5, 5.41) is 1.46. The van der Waals surface area contributed by atoms with Gasteiger partial charge in [-0.3, -0.25) is 0 Å². The summed E-state index contributed by atoms with van der Waals surface area (Å²) in [5.74, 6) is 0.217. The van der Waals surface area contributed by atoms with E-state index in [1.165, 1.54) is 6.33 Å². The molecule has 0 amide bonds. The van der Waals surface area contributed by atoms with Gasteiger partial charge in [-0.15, -0.1) is 11.3 Å². The van der Waals surface area contributed by atoms with Gasteiger partial charge < -0.3 is 9.80 Å². The standard InChI is InChI=1S/C17H21F4N5S/c1-3-12-14(18)15(23-10-22-12)25(2)8-11-4-6-26(7-5-11)16-24-13(9-27-16)17(19,20)21/h9-11H,3-8H2,1-2H3. The molecule has 3 rings (SSSR count). The van der Waals surface area contributed by atoms with Gasteiger partial charge in [-0.05, 0) is 25.2 Å². The SMILES string of the molecule is CCc1ncnc(N(C)CC2CCN(c3nc(C(F)(F)F)cs3)CC2)c1F. The molecule has 0 aromatic carbocycles. The van der Waals surface area contributed by atoms with E-state index in [0.717, 1.165) is 29.6 Å². The van der Waals surface area contributed by atoms with Crippen LogP contribution in [0.3, 0.4) is 0 Å². The largest absolute Gasteiger partial charge is 0.434 e. The second-order valence-electron chi connectivity index (χ2n) is 6.64. The number of aromatic nitrogens is 3. The van der Waals surface area contributed by atoms with Crippen LogP contribution in [-0.2, 0) is 12.6 Å². The molecule has 0 saturated carbocycles. The summed E-state index contributed by atoms with van der Waals surface area (Å²) < 4.78 is 52.5. The zero-order chi connectivity index (χ0) is 19.6. The van der Waals surface area contributed by atoms with E-state index < -0.39 is 11.9 Å². The molecule has 0 radical (unpaired) electrons. The predicted octanol–water partition coefficient (Wildman–Crippen LogP) is 4.01. The van der Waals surface area contributed by atoms with E-state index in [1.807, 2.05) is 11.8 Å². The van der Waals surface area contributed by atoms with Crippen LogP contribution in [0.1, 0.15) is 31.2 Å².